The molecule has 7 saturated carbocycles. The van der Waals surface area contributed by atoms with Crippen LogP contribution in [0.25, 0.3) is 21.9 Å². The number of nitrogens with zero attached hydrogens (tertiary/aromatic N) is 1. The molecule has 3 aliphatic heterocycles. The van der Waals surface area contributed by atoms with Gasteiger partial charge in [0.25, 0.3) is 0 Å². The largest absolute Gasteiger partial charge is 0.482 e. The van der Waals surface area contributed by atoms with Crippen molar-refractivity contribution in [2.45, 2.75) is 167 Å². The van der Waals surface area contributed by atoms with Gasteiger partial charge in [-0.1, -0.05) is 97.5 Å². The predicted molar refractivity (Wildman–Crippen MR) is 301 cm³/mol. The molecule has 4 bridgehead atoms. The molecule has 5 heterocycles. The van der Waals surface area contributed by atoms with Gasteiger partial charge in [0.2, 0.25) is 11.1 Å². The molecule has 15 nitrogen and oxygen atoms in total. The van der Waals surface area contributed by atoms with Crippen LogP contribution in [0.1, 0.15) is 124 Å². The van der Waals surface area contributed by atoms with E-state index in [1.165, 1.54) is 25.3 Å². The maximum atomic E-state index is 13.1. The van der Waals surface area contributed by atoms with Crippen molar-refractivity contribution >= 4 is 71.1 Å². The summed E-state index contributed by atoms with van der Waals surface area (Å²) in [6.07, 6.45) is 16.8. The molecule has 3 amide bonds. The van der Waals surface area contributed by atoms with E-state index >= 15 is 0 Å². The SMILES string of the molecule is C.C=CC(=O)Cl.C=CC(=O)N1CCC[C@@H]1COC(=O)N[C@@H](Cc1coc2ccccc12)B1O[C@@H]2C[C@@H]3C[C@@H](C3(C)C)[C@]2(C)O1.CC1(C)[C@@H]2C[C@H]3OB([C@H](Cc4coc5ccccc45)NC(=O)OCC4CCCC4)O[C@@]3(C)[C@H]1C2. The van der Waals surface area contributed by atoms with Gasteiger partial charge in [-0.25, -0.2) is 9.59 Å². The van der Waals surface area contributed by atoms with Gasteiger partial charge in [-0.3, -0.25) is 9.59 Å². The predicted octanol–water partition coefficient (Wildman–Crippen LogP) is 11.6. The molecule has 2 N–H and O–H groups in total. The van der Waals surface area contributed by atoms with Crippen LogP contribution < -0.4 is 10.6 Å². The van der Waals surface area contributed by atoms with E-state index in [0.717, 1.165) is 84.1 Å². The number of rotatable bonds is 14. The van der Waals surface area contributed by atoms with E-state index < -0.39 is 31.5 Å². The topological polar surface area (TPSA) is 177 Å². The summed E-state index contributed by atoms with van der Waals surface area (Å²) in [5, 5.41) is 7.70. The van der Waals surface area contributed by atoms with Crippen molar-refractivity contribution in [3.8, 4) is 0 Å². The minimum absolute atomic E-state index is 0. The highest BCUT2D eigenvalue weighted by Crippen LogP contribution is 2.67. The standard InChI is InChI=1S/C29H37BN2O6.C27H36BNO5.C3H3ClO.CH4/c1-5-26(33)32-12-8-9-20(32)17-36-27(34)31-25(13-18-16-35-22-11-7-6-10-21(18)22)30-37-24-15-19-14-23(28(19,2)3)29(24,4)38-30;1-26(2)19-13-22(26)27(3)23(14-19)33-28(34-27)24(29-25(30)32-15-17-8-4-5-9-17)12-18-16-31-21-11-7-6-10-20(18)21;1-2-3(4)5;/h5-7,10-11,16,19-20,23-25H,1,8-9,12-15,17H2,2-4H3,(H,31,34);6-7,10-11,16-17,19,22-24H,4-5,8-9,12-15H2,1-3H3,(H,29,30);2H,1H2;1H4/t19-,20+,23-,24+,25-,29-;19-,22-,23+,24-,27-;;/m00../s1. The van der Waals surface area contributed by atoms with Gasteiger partial charge in [0.15, 0.2) is 0 Å². The molecule has 4 aromatic rings. The Kier molecular flexibility index (Phi) is 17.1. The molecule has 7 aliphatic carbocycles. The van der Waals surface area contributed by atoms with Crippen LogP contribution >= 0.6 is 11.6 Å². The first-order chi connectivity index (χ1) is 36.8. The number of halogens is 1. The van der Waals surface area contributed by atoms with Crippen molar-refractivity contribution in [2.75, 3.05) is 19.8 Å². The number of hydrogen-bond donors (Lipinski definition) is 2. The lowest BCUT2D eigenvalue weighted by Gasteiger charge is -2.64. The normalized spacial score (nSPS) is 30.3. The molecule has 18 heteroatoms. The molecule has 11 atom stereocenters. The van der Waals surface area contributed by atoms with E-state index in [9.17, 15) is 19.2 Å². The molecule has 2 aromatic carbocycles. The highest BCUT2D eigenvalue weighted by atomic mass is 35.5. The number of para-hydroxylation sites is 2. The third-order valence-electron chi connectivity index (χ3n) is 19.5. The van der Waals surface area contributed by atoms with Gasteiger partial charge in [0.1, 0.15) is 17.8 Å². The van der Waals surface area contributed by atoms with Crippen LogP contribution in [0.15, 0.2) is 95.2 Å². The fourth-order valence-corrected chi connectivity index (χ4v) is 14.8. The highest BCUT2D eigenvalue weighted by molar-refractivity contribution is 6.66. The summed E-state index contributed by atoms with van der Waals surface area (Å²) < 4.78 is 49.3. The molecule has 0 spiro atoms. The molecule has 0 unspecified atom stereocenters. The second kappa shape index (κ2) is 23.2. The maximum absolute atomic E-state index is 13.1. The minimum atomic E-state index is -0.605. The van der Waals surface area contributed by atoms with Crippen LogP contribution in [-0.4, -0.2) is 104 Å². The Balaban J connectivity index is 0.000000173. The van der Waals surface area contributed by atoms with Crippen LogP contribution in [0.3, 0.4) is 0 Å². The molecular weight excluding hydrogens is 1010 g/mol. The van der Waals surface area contributed by atoms with Crippen LogP contribution in [0.4, 0.5) is 9.59 Å². The number of fused-ring (bicyclic) bond motifs is 2. The van der Waals surface area contributed by atoms with E-state index in [2.05, 4.69) is 71.4 Å². The number of allylic oxidation sites excluding steroid dienone is 1. The lowest BCUT2D eigenvalue weighted by molar-refractivity contribution is -0.199. The zero-order valence-electron chi connectivity index (χ0n) is 45.6. The number of nitrogens with one attached hydrogen (secondary N) is 2. The van der Waals surface area contributed by atoms with Gasteiger partial charge < -0.3 is 52.5 Å². The second-order valence-corrected chi connectivity index (χ2v) is 24.9. The Morgan fingerprint density at radius 2 is 1.15 bits per heavy atom. The smallest absolute Gasteiger partial charge is 0.464 e. The number of hydrogen-bond acceptors (Lipinski definition) is 12. The van der Waals surface area contributed by atoms with Crippen LogP contribution in [-0.2, 0) is 50.5 Å². The van der Waals surface area contributed by atoms with Crippen molar-refractivity contribution in [3.63, 3.8) is 0 Å². The quantitative estimate of drug-likeness (QED) is 0.0695. The van der Waals surface area contributed by atoms with Gasteiger partial charge in [0, 0.05) is 17.3 Å². The molecule has 10 aliphatic rings. The minimum Gasteiger partial charge on any atom is -0.464 e. The van der Waals surface area contributed by atoms with Crippen molar-refractivity contribution in [3.05, 3.63) is 97.5 Å². The summed E-state index contributed by atoms with van der Waals surface area (Å²) in [6.45, 7) is 21.7. The number of carbonyl (C=O) groups is 4. The molecule has 10 fully saturated rings. The first kappa shape index (κ1) is 57.6. The number of furan rings is 2. The Labute approximate surface area is 465 Å². The van der Waals surface area contributed by atoms with Crippen molar-refractivity contribution in [1.29, 1.82) is 0 Å². The van der Waals surface area contributed by atoms with E-state index in [1.54, 1.807) is 17.4 Å². The lowest BCUT2D eigenvalue weighted by atomic mass is 9.43. The first-order valence-corrected chi connectivity index (χ1v) is 28.4. The molecular formula is C60H80B2ClN3O12. The van der Waals surface area contributed by atoms with Crippen LogP contribution in [0.2, 0.25) is 0 Å². The number of carbonyl (C=O) groups excluding carboxylic acids is 4. The van der Waals surface area contributed by atoms with Gasteiger partial charge in [-0.2, -0.15) is 0 Å². The number of benzene rings is 2. The molecule has 78 heavy (non-hydrogen) atoms. The fourth-order valence-electron chi connectivity index (χ4n) is 14.8. The number of ether oxygens (including phenoxy) is 2. The Morgan fingerprint density at radius 1 is 0.692 bits per heavy atom. The lowest BCUT2D eigenvalue weighted by Crippen LogP contribution is -2.65. The first-order valence-electron chi connectivity index (χ1n) is 28.0. The number of alkyl carbamates (subject to hydrolysis) is 2. The zero-order chi connectivity index (χ0) is 54.4. The van der Waals surface area contributed by atoms with Gasteiger partial charge in [-0.15, -0.1) is 0 Å². The van der Waals surface area contributed by atoms with E-state index in [-0.39, 0.29) is 72.3 Å². The molecule has 0 radical (unpaired) electrons. The summed E-state index contributed by atoms with van der Waals surface area (Å²) >= 11 is 4.71. The van der Waals surface area contributed by atoms with Crippen LogP contribution in [0, 0.1) is 40.4 Å². The van der Waals surface area contributed by atoms with Crippen molar-refractivity contribution in [1.82, 2.24) is 15.5 Å². The van der Waals surface area contributed by atoms with Gasteiger partial charge in [-0.05, 0) is 165 Å². The van der Waals surface area contributed by atoms with Crippen molar-refractivity contribution in [2.24, 2.45) is 40.4 Å². The van der Waals surface area contributed by atoms with E-state index in [4.69, 9.17) is 48.5 Å². The van der Waals surface area contributed by atoms with E-state index in [1.807, 2.05) is 42.5 Å². The van der Waals surface area contributed by atoms with E-state index in [0.29, 0.717) is 55.6 Å². The Bertz CT molecular complexity index is 2830. The third-order valence-corrected chi connectivity index (χ3v) is 19.7. The molecule has 3 saturated heterocycles. The average Bonchev–Trinajstić information content (AvgIpc) is 4.46. The Morgan fingerprint density at radius 3 is 1.60 bits per heavy atom. The fraction of sp³-hybridized carbons (Fsp3) is 0.600. The van der Waals surface area contributed by atoms with Gasteiger partial charge >= 0.3 is 26.4 Å². The summed E-state index contributed by atoms with van der Waals surface area (Å²) in [6, 6.07) is 15.7. The third kappa shape index (κ3) is 11.2. The highest BCUT2D eigenvalue weighted by Gasteiger charge is 2.70. The molecule has 420 valence electrons. The number of likely N-dealkylation sites (tertiary alicyclic amines) is 1. The number of amides is 3. The van der Waals surface area contributed by atoms with Crippen LogP contribution in [0.5, 0.6) is 0 Å². The Hall–Kier alpha value is -5.06. The summed E-state index contributed by atoms with van der Waals surface area (Å²) in [7, 11) is -1.12. The molecule has 14 rings (SSSR count). The zero-order valence-corrected chi connectivity index (χ0v) is 46.4. The second-order valence-electron chi connectivity index (χ2n) is 24.5. The summed E-state index contributed by atoms with van der Waals surface area (Å²) in [4.78, 5) is 49.3. The molecule has 2 aromatic heterocycles. The average molecular weight is 1090 g/mol. The van der Waals surface area contributed by atoms with Gasteiger partial charge in [0.05, 0.1) is 60.5 Å². The maximum Gasteiger partial charge on any atom is 0.482 e. The van der Waals surface area contributed by atoms with Crippen molar-refractivity contribution < 1.29 is 56.1 Å². The summed E-state index contributed by atoms with van der Waals surface area (Å²) in [5.41, 5.74) is 3.44. The monoisotopic (exact) mass is 1090 g/mol. The summed E-state index contributed by atoms with van der Waals surface area (Å²) in [5.74, 6) is 1.72.